The summed E-state index contributed by atoms with van der Waals surface area (Å²) in [5.41, 5.74) is 5.69. The lowest BCUT2D eigenvalue weighted by Crippen LogP contribution is -2.27. The number of nitrogens with two attached hydrogens (primary N) is 1. The molecule has 0 saturated heterocycles. The van der Waals surface area contributed by atoms with Gasteiger partial charge in [-0.15, -0.1) is 10.2 Å². The van der Waals surface area contributed by atoms with E-state index in [0.29, 0.717) is 11.8 Å². The third kappa shape index (κ3) is 4.25. The van der Waals surface area contributed by atoms with Gasteiger partial charge in [0.05, 0.1) is 0 Å². The van der Waals surface area contributed by atoms with Crippen molar-refractivity contribution < 1.29 is 0 Å². The molecular formula is C10H22N4. The molecule has 0 aliphatic rings. The van der Waals surface area contributed by atoms with Crippen molar-refractivity contribution in [3.05, 3.63) is 0 Å². The molecule has 0 saturated carbocycles. The van der Waals surface area contributed by atoms with Crippen LogP contribution in [0, 0.1) is 11.8 Å². The first-order valence-corrected chi connectivity index (χ1v) is 4.94. The first kappa shape index (κ1) is 12.9. The monoisotopic (exact) mass is 198 g/mol. The summed E-state index contributed by atoms with van der Waals surface area (Å²) < 4.78 is 0. The molecule has 0 rings (SSSR count). The van der Waals surface area contributed by atoms with Gasteiger partial charge in [-0.2, -0.15) is 0 Å². The molecular weight excluding hydrogens is 176 g/mol. The van der Waals surface area contributed by atoms with Crippen LogP contribution in [-0.2, 0) is 0 Å². The fourth-order valence-corrected chi connectivity index (χ4v) is 0.946. The van der Waals surface area contributed by atoms with Crippen LogP contribution in [0.15, 0.2) is 10.2 Å². The molecule has 4 nitrogen and oxygen atoms in total. The summed E-state index contributed by atoms with van der Waals surface area (Å²) in [5, 5.41) is 8.16. The second-order valence-electron chi connectivity index (χ2n) is 4.19. The molecule has 4 heteroatoms. The summed E-state index contributed by atoms with van der Waals surface area (Å²) in [6, 6.07) is 0. The summed E-state index contributed by atoms with van der Waals surface area (Å²) in [5.74, 6) is 2.11. The second-order valence-corrected chi connectivity index (χ2v) is 4.19. The zero-order chi connectivity index (χ0) is 11.3. The second kappa shape index (κ2) is 5.62. The van der Waals surface area contributed by atoms with E-state index in [4.69, 9.17) is 5.73 Å². The van der Waals surface area contributed by atoms with Gasteiger partial charge in [0, 0.05) is 25.9 Å². The normalized spacial score (nSPS) is 14.0. The Kier molecular flexibility index (Phi) is 5.20. The topological polar surface area (TPSA) is 54.0 Å². The van der Waals surface area contributed by atoms with E-state index >= 15 is 0 Å². The average Bonchev–Trinajstić information content (AvgIpc) is 2.02. The van der Waals surface area contributed by atoms with E-state index < -0.39 is 0 Å². The molecule has 82 valence electrons. The Bertz CT molecular complexity index is 216. The van der Waals surface area contributed by atoms with Crippen LogP contribution in [0.4, 0.5) is 0 Å². The molecule has 0 unspecified atom stereocenters. The summed E-state index contributed by atoms with van der Waals surface area (Å²) in [6.45, 7) is 8.16. The molecule has 2 N–H and O–H groups in total. The fraction of sp³-hybridized carbons (Fsp3) is 0.800. The van der Waals surface area contributed by atoms with Gasteiger partial charge in [-0.1, -0.05) is 27.7 Å². The summed E-state index contributed by atoms with van der Waals surface area (Å²) in [6.07, 6.45) is 0. The van der Waals surface area contributed by atoms with Gasteiger partial charge in [-0.3, -0.25) is 0 Å². The van der Waals surface area contributed by atoms with Crippen LogP contribution in [0.2, 0.25) is 0 Å². The molecule has 0 spiro atoms. The van der Waals surface area contributed by atoms with Gasteiger partial charge in [-0.25, -0.2) is 0 Å². The van der Waals surface area contributed by atoms with Crippen LogP contribution < -0.4 is 5.73 Å². The van der Waals surface area contributed by atoms with E-state index in [1.54, 1.807) is 0 Å². The largest absolute Gasteiger partial charge is 0.385 e. The molecule has 0 aliphatic carbocycles. The molecule has 0 radical (unpaired) electrons. The lowest BCUT2D eigenvalue weighted by Gasteiger charge is -2.17. The zero-order valence-electron chi connectivity index (χ0n) is 10.1. The van der Waals surface area contributed by atoms with Crippen molar-refractivity contribution in [3.63, 3.8) is 0 Å². The van der Waals surface area contributed by atoms with Crippen LogP contribution in [0.5, 0.6) is 0 Å². The van der Waals surface area contributed by atoms with Crippen LogP contribution in [-0.4, -0.2) is 30.7 Å². The standard InChI is InChI=1S/C10H22N4/c1-7(2)9(11)12-13-10(8(3)4)14(5)6/h7-8H,1-6H3,(H2,11,12)/b13-10-. The smallest absolute Gasteiger partial charge is 0.129 e. The number of hydrogen-bond donors (Lipinski definition) is 1. The Morgan fingerprint density at radius 3 is 1.79 bits per heavy atom. The van der Waals surface area contributed by atoms with Crippen LogP contribution in [0.25, 0.3) is 0 Å². The van der Waals surface area contributed by atoms with Gasteiger partial charge in [0.2, 0.25) is 0 Å². The Morgan fingerprint density at radius 2 is 1.50 bits per heavy atom. The maximum absolute atomic E-state index is 5.69. The van der Waals surface area contributed by atoms with E-state index in [-0.39, 0.29) is 5.92 Å². The van der Waals surface area contributed by atoms with Crippen molar-refractivity contribution in [2.24, 2.45) is 27.8 Å². The van der Waals surface area contributed by atoms with Crippen molar-refractivity contribution in [2.45, 2.75) is 27.7 Å². The summed E-state index contributed by atoms with van der Waals surface area (Å²) in [7, 11) is 3.92. The average molecular weight is 198 g/mol. The highest BCUT2D eigenvalue weighted by molar-refractivity contribution is 5.86. The molecule has 0 aromatic rings. The Balaban J connectivity index is 4.68. The zero-order valence-corrected chi connectivity index (χ0v) is 10.1. The van der Waals surface area contributed by atoms with E-state index in [0.717, 1.165) is 5.84 Å². The molecule has 0 aromatic carbocycles. The third-order valence-corrected chi connectivity index (χ3v) is 1.83. The minimum Gasteiger partial charge on any atom is -0.385 e. The highest BCUT2D eigenvalue weighted by Crippen LogP contribution is 2.01. The SMILES string of the molecule is CC(C)/C(N)=N/N=C(/C(C)C)N(C)C. The minimum absolute atomic E-state index is 0.245. The van der Waals surface area contributed by atoms with E-state index in [2.05, 4.69) is 24.1 Å². The minimum atomic E-state index is 0.245. The van der Waals surface area contributed by atoms with Crippen molar-refractivity contribution in [1.29, 1.82) is 0 Å². The first-order chi connectivity index (χ1) is 6.36. The molecule has 0 heterocycles. The number of nitrogens with zero attached hydrogens (tertiary/aromatic N) is 3. The van der Waals surface area contributed by atoms with E-state index in [9.17, 15) is 0 Å². The van der Waals surface area contributed by atoms with Crippen molar-refractivity contribution in [2.75, 3.05) is 14.1 Å². The summed E-state index contributed by atoms with van der Waals surface area (Å²) >= 11 is 0. The lowest BCUT2D eigenvalue weighted by molar-refractivity contribution is 0.571. The maximum atomic E-state index is 5.69. The number of hydrogen-bond acceptors (Lipinski definition) is 2. The van der Waals surface area contributed by atoms with Crippen molar-refractivity contribution >= 4 is 11.7 Å². The quantitative estimate of drug-likeness (QED) is 0.425. The molecule has 0 aromatic heterocycles. The highest BCUT2D eigenvalue weighted by Gasteiger charge is 2.07. The van der Waals surface area contributed by atoms with Crippen LogP contribution in [0.3, 0.4) is 0 Å². The molecule has 0 fully saturated rings. The molecule has 0 aliphatic heterocycles. The van der Waals surface area contributed by atoms with Gasteiger partial charge < -0.3 is 10.6 Å². The first-order valence-electron chi connectivity index (χ1n) is 4.94. The van der Waals surface area contributed by atoms with Gasteiger partial charge in [0.15, 0.2) is 0 Å². The maximum Gasteiger partial charge on any atom is 0.129 e. The van der Waals surface area contributed by atoms with E-state index in [1.807, 2.05) is 32.8 Å². The van der Waals surface area contributed by atoms with Crippen LogP contribution in [0.1, 0.15) is 27.7 Å². The van der Waals surface area contributed by atoms with E-state index in [1.165, 1.54) is 0 Å². The van der Waals surface area contributed by atoms with Gasteiger partial charge >= 0.3 is 0 Å². The molecule has 0 atom stereocenters. The fourth-order valence-electron chi connectivity index (χ4n) is 0.946. The highest BCUT2D eigenvalue weighted by atomic mass is 15.3. The molecule has 14 heavy (non-hydrogen) atoms. The van der Waals surface area contributed by atoms with Gasteiger partial charge in [0.1, 0.15) is 11.7 Å². The predicted octanol–water partition coefficient (Wildman–Crippen LogP) is 1.53. The van der Waals surface area contributed by atoms with Crippen LogP contribution >= 0.6 is 0 Å². The van der Waals surface area contributed by atoms with Gasteiger partial charge in [0.25, 0.3) is 0 Å². The Morgan fingerprint density at radius 1 is 1.00 bits per heavy atom. The van der Waals surface area contributed by atoms with Gasteiger partial charge in [-0.05, 0) is 0 Å². The number of rotatable bonds is 3. The third-order valence-electron chi connectivity index (χ3n) is 1.83. The Hall–Kier alpha value is -1.06. The summed E-state index contributed by atoms with van der Waals surface area (Å²) in [4.78, 5) is 1.96. The lowest BCUT2D eigenvalue weighted by atomic mass is 10.2. The van der Waals surface area contributed by atoms with Crippen molar-refractivity contribution in [1.82, 2.24) is 4.90 Å². The number of amidine groups is 2. The molecule has 0 amide bonds. The predicted molar refractivity (Wildman–Crippen MR) is 62.4 cm³/mol. The molecule has 0 bridgehead atoms. The van der Waals surface area contributed by atoms with Crippen molar-refractivity contribution in [3.8, 4) is 0 Å². The Labute approximate surface area is 86.9 Å².